The first-order chi connectivity index (χ1) is 9.25. The summed E-state index contributed by atoms with van der Waals surface area (Å²) in [5.74, 6) is 0. The second kappa shape index (κ2) is 5.36. The maximum Gasteiger partial charge on any atom is 0.142 e. The summed E-state index contributed by atoms with van der Waals surface area (Å²) in [6.45, 7) is 5.21. The standard InChI is InChI=1S/C14H18N4S/c1-14(5-7-15-10-14)17-8-11-9-19-13(18-11)12-4-2-3-6-16-12/h2-4,6,9,15,17H,5,7-8,10H2,1H3. The Hall–Kier alpha value is -1.30. The van der Waals surface area contributed by atoms with Crippen molar-refractivity contribution in [2.75, 3.05) is 13.1 Å². The van der Waals surface area contributed by atoms with E-state index in [1.807, 2.05) is 18.2 Å². The summed E-state index contributed by atoms with van der Waals surface area (Å²) >= 11 is 1.65. The van der Waals surface area contributed by atoms with Gasteiger partial charge in [0.2, 0.25) is 0 Å². The maximum absolute atomic E-state index is 4.65. The molecule has 0 amide bonds. The van der Waals surface area contributed by atoms with E-state index in [0.717, 1.165) is 36.0 Å². The SMILES string of the molecule is CC1(NCc2csc(-c3ccccn3)n2)CCNC1. The summed E-state index contributed by atoms with van der Waals surface area (Å²) < 4.78 is 0. The van der Waals surface area contributed by atoms with Gasteiger partial charge in [-0.1, -0.05) is 6.07 Å². The number of aromatic nitrogens is 2. The van der Waals surface area contributed by atoms with Gasteiger partial charge in [-0.2, -0.15) is 0 Å². The fourth-order valence-corrected chi connectivity index (χ4v) is 3.06. The molecule has 5 heteroatoms. The lowest BCUT2D eigenvalue weighted by atomic mass is 10.0. The molecule has 1 atom stereocenters. The number of hydrogen-bond donors (Lipinski definition) is 2. The van der Waals surface area contributed by atoms with Crippen LogP contribution in [-0.2, 0) is 6.54 Å². The molecule has 2 aromatic rings. The molecule has 2 N–H and O–H groups in total. The summed E-state index contributed by atoms with van der Waals surface area (Å²) in [5.41, 5.74) is 2.25. The first kappa shape index (κ1) is 12.7. The van der Waals surface area contributed by atoms with Gasteiger partial charge in [-0.05, 0) is 32.0 Å². The molecule has 1 unspecified atom stereocenters. The Balaban J connectivity index is 1.65. The van der Waals surface area contributed by atoms with Crippen molar-refractivity contribution in [2.24, 2.45) is 0 Å². The van der Waals surface area contributed by atoms with Crippen LogP contribution < -0.4 is 10.6 Å². The lowest BCUT2D eigenvalue weighted by Crippen LogP contribution is -2.43. The number of nitrogens with zero attached hydrogens (tertiary/aromatic N) is 2. The molecule has 0 aliphatic carbocycles. The van der Waals surface area contributed by atoms with E-state index in [2.05, 4.69) is 32.9 Å². The van der Waals surface area contributed by atoms with Gasteiger partial charge in [0.25, 0.3) is 0 Å². The van der Waals surface area contributed by atoms with E-state index in [9.17, 15) is 0 Å². The quantitative estimate of drug-likeness (QED) is 0.896. The van der Waals surface area contributed by atoms with Crippen molar-refractivity contribution in [3.8, 4) is 10.7 Å². The zero-order valence-electron chi connectivity index (χ0n) is 11.0. The minimum atomic E-state index is 0.203. The highest BCUT2D eigenvalue weighted by molar-refractivity contribution is 7.13. The fraction of sp³-hybridized carbons (Fsp3) is 0.429. The predicted molar refractivity (Wildman–Crippen MR) is 78.1 cm³/mol. The van der Waals surface area contributed by atoms with Crippen molar-refractivity contribution >= 4 is 11.3 Å². The normalized spacial score (nSPS) is 22.8. The van der Waals surface area contributed by atoms with Crippen LogP contribution in [0, 0.1) is 0 Å². The molecule has 4 nitrogen and oxygen atoms in total. The Bertz CT molecular complexity index is 531. The van der Waals surface area contributed by atoms with E-state index in [0.29, 0.717) is 0 Å². The van der Waals surface area contributed by atoms with Gasteiger partial charge in [0.1, 0.15) is 5.01 Å². The molecule has 1 aliphatic heterocycles. The lowest BCUT2D eigenvalue weighted by molar-refractivity contribution is 0.384. The fourth-order valence-electron chi connectivity index (χ4n) is 2.27. The van der Waals surface area contributed by atoms with Crippen LogP contribution in [-0.4, -0.2) is 28.6 Å². The molecule has 0 radical (unpaired) electrons. The molecule has 3 rings (SSSR count). The van der Waals surface area contributed by atoms with Gasteiger partial charge in [-0.15, -0.1) is 11.3 Å². The van der Waals surface area contributed by atoms with Crippen molar-refractivity contribution in [2.45, 2.75) is 25.4 Å². The van der Waals surface area contributed by atoms with Gasteiger partial charge in [-0.3, -0.25) is 4.98 Å². The highest BCUT2D eigenvalue weighted by atomic mass is 32.1. The number of pyridine rings is 1. The molecule has 0 aromatic carbocycles. The summed E-state index contributed by atoms with van der Waals surface area (Å²) in [6.07, 6.45) is 2.98. The molecule has 0 bridgehead atoms. The van der Waals surface area contributed by atoms with Crippen LogP contribution in [0.3, 0.4) is 0 Å². The van der Waals surface area contributed by atoms with Crippen LogP contribution in [0.5, 0.6) is 0 Å². The highest BCUT2D eigenvalue weighted by Gasteiger charge is 2.27. The van der Waals surface area contributed by atoms with Crippen molar-refractivity contribution < 1.29 is 0 Å². The second-order valence-electron chi connectivity index (χ2n) is 5.20. The van der Waals surface area contributed by atoms with Crippen molar-refractivity contribution in [1.29, 1.82) is 0 Å². The van der Waals surface area contributed by atoms with Gasteiger partial charge in [0.15, 0.2) is 0 Å². The average molecular weight is 274 g/mol. The van der Waals surface area contributed by atoms with E-state index in [1.165, 1.54) is 6.42 Å². The Morgan fingerprint density at radius 3 is 3.16 bits per heavy atom. The maximum atomic E-state index is 4.65. The van der Waals surface area contributed by atoms with Crippen LogP contribution in [0.4, 0.5) is 0 Å². The zero-order chi connectivity index (χ0) is 13.1. The predicted octanol–water partition coefficient (Wildman–Crippen LogP) is 2.05. The number of hydrogen-bond acceptors (Lipinski definition) is 5. The first-order valence-electron chi connectivity index (χ1n) is 6.57. The monoisotopic (exact) mass is 274 g/mol. The van der Waals surface area contributed by atoms with Gasteiger partial charge in [0.05, 0.1) is 11.4 Å². The second-order valence-corrected chi connectivity index (χ2v) is 6.06. The van der Waals surface area contributed by atoms with Gasteiger partial charge in [-0.25, -0.2) is 4.98 Å². The number of nitrogens with one attached hydrogen (secondary N) is 2. The van der Waals surface area contributed by atoms with Crippen LogP contribution in [0.15, 0.2) is 29.8 Å². The molecular formula is C14H18N4S. The van der Waals surface area contributed by atoms with Crippen molar-refractivity contribution in [1.82, 2.24) is 20.6 Å². The third kappa shape index (κ3) is 3.00. The van der Waals surface area contributed by atoms with Crippen LogP contribution in [0.25, 0.3) is 10.7 Å². The number of thiazole rings is 1. The summed E-state index contributed by atoms with van der Waals surface area (Å²) in [7, 11) is 0. The molecule has 1 fully saturated rings. The zero-order valence-corrected chi connectivity index (χ0v) is 11.8. The van der Waals surface area contributed by atoms with Crippen molar-refractivity contribution in [3.63, 3.8) is 0 Å². The molecule has 0 saturated carbocycles. The Kier molecular flexibility index (Phi) is 3.59. The average Bonchev–Trinajstić information content (AvgIpc) is 3.07. The van der Waals surface area contributed by atoms with Crippen LogP contribution in [0.1, 0.15) is 19.0 Å². The minimum Gasteiger partial charge on any atom is -0.315 e. The third-order valence-electron chi connectivity index (χ3n) is 3.50. The molecular weight excluding hydrogens is 256 g/mol. The molecule has 100 valence electrons. The van der Waals surface area contributed by atoms with Crippen molar-refractivity contribution in [3.05, 3.63) is 35.5 Å². The topological polar surface area (TPSA) is 49.8 Å². The van der Waals surface area contributed by atoms with Gasteiger partial charge >= 0.3 is 0 Å². The van der Waals surface area contributed by atoms with E-state index in [1.54, 1.807) is 17.5 Å². The lowest BCUT2D eigenvalue weighted by Gasteiger charge is -2.23. The molecule has 1 aliphatic rings. The molecule has 0 spiro atoms. The Morgan fingerprint density at radius 1 is 1.47 bits per heavy atom. The van der Waals surface area contributed by atoms with E-state index >= 15 is 0 Å². The molecule has 3 heterocycles. The summed E-state index contributed by atoms with van der Waals surface area (Å²) in [4.78, 5) is 8.98. The largest absolute Gasteiger partial charge is 0.315 e. The molecule has 2 aromatic heterocycles. The first-order valence-corrected chi connectivity index (χ1v) is 7.45. The summed E-state index contributed by atoms with van der Waals surface area (Å²) in [5, 5.41) is 10.1. The van der Waals surface area contributed by atoms with Gasteiger partial charge < -0.3 is 10.6 Å². The van der Waals surface area contributed by atoms with E-state index in [-0.39, 0.29) is 5.54 Å². The third-order valence-corrected chi connectivity index (χ3v) is 4.41. The minimum absolute atomic E-state index is 0.203. The number of rotatable bonds is 4. The molecule has 19 heavy (non-hydrogen) atoms. The van der Waals surface area contributed by atoms with E-state index < -0.39 is 0 Å². The Labute approximate surface area is 117 Å². The van der Waals surface area contributed by atoms with E-state index in [4.69, 9.17) is 0 Å². The highest BCUT2D eigenvalue weighted by Crippen LogP contribution is 2.22. The summed E-state index contributed by atoms with van der Waals surface area (Å²) in [6, 6.07) is 5.92. The van der Waals surface area contributed by atoms with Crippen LogP contribution in [0.2, 0.25) is 0 Å². The van der Waals surface area contributed by atoms with Crippen LogP contribution >= 0.6 is 11.3 Å². The smallest absolute Gasteiger partial charge is 0.142 e. The Morgan fingerprint density at radius 2 is 2.42 bits per heavy atom. The molecule has 1 saturated heterocycles. The van der Waals surface area contributed by atoms with Gasteiger partial charge in [0, 0.05) is 30.2 Å².